The molecule has 5 rings (SSSR count). The number of likely N-dealkylation sites (N-methyl/N-ethyl adjacent to an activating group) is 2. The van der Waals surface area contributed by atoms with Gasteiger partial charge in [-0.3, -0.25) is 19.0 Å². The first-order valence-corrected chi connectivity index (χ1v) is 13.5. The lowest BCUT2D eigenvalue weighted by Crippen LogP contribution is -2.48. The summed E-state index contributed by atoms with van der Waals surface area (Å²) < 4.78 is 1.67. The minimum absolute atomic E-state index is 0.0643. The zero-order valence-corrected chi connectivity index (χ0v) is 22.8. The maximum absolute atomic E-state index is 13.8. The first-order valence-electron chi connectivity index (χ1n) is 12.6. The molecule has 10 nitrogen and oxygen atoms in total. The van der Waals surface area contributed by atoms with Gasteiger partial charge in [0, 0.05) is 20.1 Å². The predicted octanol–water partition coefficient (Wildman–Crippen LogP) is 3.21. The van der Waals surface area contributed by atoms with Crippen LogP contribution >= 0.6 is 11.3 Å². The average Bonchev–Trinajstić information content (AvgIpc) is 3.35. The molecule has 0 radical (unpaired) electrons. The lowest BCUT2D eigenvalue weighted by atomic mass is 9.89. The van der Waals surface area contributed by atoms with Gasteiger partial charge in [0.2, 0.25) is 0 Å². The third-order valence-corrected chi connectivity index (χ3v) is 8.65. The van der Waals surface area contributed by atoms with Gasteiger partial charge in [-0.2, -0.15) is 0 Å². The van der Waals surface area contributed by atoms with E-state index >= 15 is 0 Å². The Balaban J connectivity index is 1.54. The van der Waals surface area contributed by atoms with Gasteiger partial charge in [-0.1, -0.05) is 6.42 Å². The van der Waals surface area contributed by atoms with Crippen molar-refractivity contribution in [1.29, 1.82) is 0 Å². The number of rotatable bonds is 6. The monoisotopic (exact) mass is 523 g/mol. The van der Waals surface area contributed by atoms with Crippen LogP contribution in [0.25, 0.3) is 10.2 Å². The minimum Gasteiger partial charge on any atom is -0.340 e. The molecule has 1 aliphatic heterocycles. The summed E-state index contributed by atoms with van der Waals surface area (Å²) in [6.45, 7) is 5.11. The van der Waals surface area contributed by atoms with E-state index in [1.54, 1.807) is 22.6 Å². The quantitative estimate of drug-likeness (QED) is 0.510. The molecular formula is C26H33N7O3S. The number of aryl methyl sites for hydroxylation is 2. The molecule has 4 heterocycles. The fourth-order valence-electron chi connectivity index (χ4n) is 5.46. The molecule has 2 amide bonds. The molecule has 0 aromatic carbocycles. The van der Waals surface area contributed by atoms with E-state index in [2.05, 4.69) is 20.6 Å². The van der Waals surface area contributed by atoms with Crippen LogP contribution in [-0.2, 0) is 5.66 Å². The van der Waals surface area contributed by atoms with Gasteiger partial charge in [0.05, 0.1) is 10.3 Å². The second-order valence-electron chi connectivity index (χ2n) is 10.4. The van der Waals surface area contributed by atoms with Crippen molar-refractivity contribution in [1.82, 2.24) is 29.7 Å². The van der Waals surface area contributed by atoms with E-state index in [1.807, 2.05) is 32.8 Å². The highest BCUT2D eigenvalue weighted by Gasteiger charge is 2.45. The Morgan fingerprint density at radius 3 is 2.57 bits per heavy atom. The molecule has 3 aromatic heterocycles. The Morgan fingerprint density at radius 2 is 1.86 bits per heavy atom. The van der Waals surface area contributed by atoms with Crippen LogP contribution in [-0.4, -0.2) is 70.4 Å². The second kappa shape index (κ2) is 9.53. The van der Waals surface area contributed by atoms with E-state index in [1.165, 1.54) is 17.7 Å². The number of thiophene rings is 1. The number of nitrogens with one attached hydrogen (secondary N) is 2. The molecule has 196 valence electrons. The Kier molecular flexibility index (Phi) is 6.53. The van der Waals surface area contributed by atoms with Gasteiger partial charge in [0.25, 0.3) is 17.4 Å². The molecule has 0 bridgehead atoms. The number of pyridine rings is 1. The number of carbonyl (C=O) groups excluding carboxylic acids is 2. The highest BCUT2D eigenvalue weighted by atomic mass is 32.1. The second-order valence-corrected chi connectivity index (χ2v) is 11.4. The largest absolute Gasteiger partial charge is 0.340 e. The van der Waals surface area contributed by atoms with Crippen molar-refractivity contribution >= 4 is 44.9 Å². The van der Waals surface area contributed by atoms with E-state index in [0.717, 1.165) is 55.2 Å². The summed E-state index contributed by atoms with van der Waals surface area (Å²) in [5, 5.41) is 7.08. The predicted molar refractivity (Wildman–Crippen MR) is 145 cm³/mol. The Labute approximate surface area is 219 Å². The van der Waals surface area contributed by atoms with Gasteiger partial charge in [-0.25, -0.2) is 9.97 Å². The molecule has 2 N–H and O–H groups in total. The molecule has 0 atom stereocenters. The average molecular weight is 524 g/mol. The van der Waals surface area contributed by atoms with Gasteiger partial charge >= 0.3 is 0 Å². The smallest absolute Gasteiger partial charge is 0.276 e. The van der Waals surface area contributed by atoms with Crippen LogP contribution < -0.4 is 16.2 Å². The third-order valence-electron chi connectivity index (χ3n) is 7.46. The van der Waals surface area contributed by atoms with E-state index in [9.17, 15) is 14.4 Å². The molecule has 1 fully saturated rings. The molecule has 0 saturated heterocycles. The molecule has 37 heavy (non-hydrogen) atoms. The summed E-state index contributed by atoms with van der Waals surface area (Å²) in [6, 6.07) is 1.71. The number of amides is 2. The standard InChI is InChI=1S/C26H33N7O3S/c1-15-13-17(24(35)33-19(15)22(34)30-26(33)9-7-6-8-10-26)29-21-18-16(2)20(37-23(18)28-14-27-21)25(36)32(5)12-11-31(3)4/h13-14H,6-12H2,1-5H3,(H,30,34)(H,27,28,29). The van der Waals surface area contributed by atoms with Crippen molar-refractivity contribution in [3.8, 4) is 0 Å². The maximum atomic E-state index is 13.8. The number of carbonyl (C=O) groups is 2. The van der Waals surface area contributed by atoms with Crippen LogP contribution in [0.15, 0.2) is 17.2 Å². The van der Waals surface area contributed by atoms with Crippen molar-refractivity contribution in [3.05, 3.63) is 44.4 Å². The molecule has 1 spiro atoms. The number of nitrogens with zero attached hydrogens (tertiary/aromatic N) is 5. The summed E-state index contributed by atoms with van der Waals surface area (Å²) >= 11 is 1.33. The molecule has 11 heteroatoms. The van der Waals surface area contributed by atoms with Crippen LogP contribution in [0.2, 0.25) is 0 Å². The van der Waals surface area contributed by atoms with Crippen LogP contribution in [0.3, 0.4) is 0 Å². The summed E-state index contributed by atoms with van der Waals surface area (Å²) in [4.78, 5) is 53.7. The van der Waals surface area contributed by atoms with Crippen LogP contribution in [0, 0.1) is 13.8 Å². The SMILES string of the molecule is Cc1cc(Nc2ncnc3sc(C(=O)N(C)CCN(C)C)c(C)c23)c(=O)n2c1C(=O)NC21CCCCC1. The molecule has 0 unspecified atom stereocenters. The van der Waals surface area contributed by atoms with Crippen molar-refractivity contribution in [2.24, 2.45) is 0 Å². The first-order chi connectivity index (χ1) is 17.6. The highest BCUT2D eigenvalue weighted by Crippen LogP contribution is 2.38. The lowest BCUT2D eigenvalue weighted by Gasteiger charge is -2.35. The number of aromatic nitrogens is 3. The van der Waals surface area contributed by atoms with Gasteiger partial charge in [0.15, 0.2) is 0 Å². The highest BCUT2D eigenvalue weighted by molar-refractivity contribution is 7.20. The summed E-state index contributed by atoms with van der Waals surface area (Å²) in [5.41, 5.74) is 1.38. The molecule has 3 aromatic rings. The molecule has 1 saturated carbocycles. The Morgan fingerprint density at radius 1 is 1.14 bits per heavy atom. The van der Waals surface area contributed by atoms with Crippen molar-refractivity contribution in [2.45, 2.75) is 51.6 Å². The normalized spacial score (nSPS) is 16.3. The van der Waals surface area contributed by atoms with Crippen LogP contribution in [0.1, 0.15) is 63.4 Å². The fourth-order valence-corrected chi connectivity index (χ4v) is 6.60. The van der Waals surface area contributed by atoms with Crippen molar-refractivity contribution in [3.63, 3.8) is 0 Å². The van der Waals surface area contributed by atoms with E-state index in [4.69, 9.17) is 0 Å². The first kappa shape index (κ1) is 25.3. The van der Waals surface area contributed by atoms with E-state index < -0.39 is 5.66 Å². The third kappa shape index (κ3) is 4.29. The van der Waals surface area contributed by atoms with Crippen LogP contribution in [0.4, 0.5) is 11.5 Å². The molecule has 2 aliphatic rings. The Hall–Kier alpha value is -3.31. The number of hydrogen-bond donors (Lipinski definition) is 2. The van der Waals surface area contributed by atoms with E-state index in [0.29, 0.717) is 33.5 Å². The number of hydrogen-bond acceptors (Lipinski definition) is 8. The number of anilines is 2. The summed E-state index contributed by atoms with van der Waals surface area (Å²) in [5.74, 6) is 0.217. The zero-order valence-electron chi connectivity index (χ0n) is 22.0. The van der Waals surface area contributed by atoms with Crippen molar-refractivity contribution in [2.75, 3.05) is 39.5 Å². The van der Waals surface area contributed by atoms with Gasteiger partial charge in [-0.05, 0) is 70.8 Å². The minimum atomic E-state index is -0.666. The summed E-state index contributed by atoms with van der Waals surface area (Å²) in [7, 11) is 5.74. The lowest BCUT2D eigenvalue weighted by molar-refractivity contribution is 0.0789. The maximum Gasteiger partial charge on any atom is 0.276 e. The summed E-state index contributed by atoms with van der Waals surface area (Å²) in [6.07, 6.45) is 5.94. The van der Waals surface area contributed by atoms with Gasteiger partial charge in [-0.15, -0.1) is 11.3 Å². The van der Waals surface area contributed by atoms with E-state index in [-0.39, 0.29) is 17.4 Å². The van der Waals surface area contributed by atoms with Gasteiger partial charge < -0.3 is 20.4 Å². The van der Waals surface area contributed by atoms with Crippen molar-refractivity contribution < 1.29 is 9.59 Å². The zero-order chi connectivity index (χ0) is 26.5. The van der Waals surface area contributed by atoms with Gasteiger partial charge in [0.1, 0.15) is 34.0 Å². The molecular weight excluding hydrogens is 490 g/mol. The fraction of sp³-hybridized carbons (Fsp3) is 0.500. The molecule has 1 aliphatic carbocycles. The Bertz CT molecular complexity index is 1450. The number of fused-ring (bicyclic) bond motifs is 3. The van der Waals surface area contributed by atoms with Crippen LogP contribution in [0.5, 0.6) is 0 Å². The topological polar surface area (TPSA) is 112 Å².